The van der Waals surface area contributed by atoms with Crippen LogP contribution < -0.4 is 0 Å². The fourth-order valence-electron chi connectivity index (χ4n) is 1.79. The van der Waals surface area contributed by atoms with Gasteiger partial charge in [0.05, 0.1) is 12.7 Å². The number of carbonyl (C=O) groups excluding carboxylic acids is 1. The molecule has 0 saturated carbocycles. The Morgan fingerprint density at radius 1 is 0.960 bits per heavy atom. The minimum absolute atomic E-state index is 0.107. The van der Waals surface area contributed by atoms with Gasteiger partial charge in [-0.05, 0) is 25.5 Å². The van der Waals surface area contributed by atoms with Gasteiger partial charge in [0, 0.05) is 0 Å². The molecule has 0 aliphatic carbocycles. The van der Waals surface area contributed by atoms with Crippen LogP contribution in [0.5, 0.6) is 0 Å². The van der Waals surface area contributed by atoms with Crippen molar-refractivity contribution in [2.24, 2.45) is 0 Å². The van der Waals surface area contributed by atoms with Crippen LogP contribution in [-0.2, 0) is 9.53 Å². The predicted octanol–water partition coefficient (Wildman–Crippen LogP) is 5.32. The van der Waals surface area contributed by atoms with E-state index < -0.39 is 5.97 Å². The van der Waals surface area contributed by atoms with Crippen molar-refractivity contribution in [1.82, 2.24) is 0 Å². The number of hydrogen-bond donors (Lipinski definition) is 1. The Kier molecular flexibility index (Phi) is 9.16. The highest BCUT2D eigenvalue weighted by molar-refractivity contribution is 5.88. The van der Waals surface area contributed by atoms with Crippen LogP contribution in [0.4, 0.5) is 0 Å². The lowest BCUT2D eigenvalue weighted by molar-refractivity contribution is -0.136. The van der Waals surface area contributed by atoms with Gasteiger partial charge in [-0.3, -0.25) is 0 Å². The van der Waals surface area contributed by atoms with Crippen LogP contribution in [0.15, 0.2) is 95.8 Å². The van der Waals surface area contributed by atoms with Gasteiger partial charge in [0.15, 0.2) is 0 Å². The van der Waals surface area contributed by atoms with Crippen molar-refractivity contribution in [3.8, 4) is 0 Å². The van der Waals surface area contributed by atoms with Crippen LogP contribution in [0.1, 0.15) is 19.4 Å². The van der Waals surface area contributed by atoms with Crippen molar-refractivity contribution < 1.29 is 14.6 Å². The summed E-state index contributed by atoms with van der Waals surface area (Å²) in [6.45, 7) is 3.49. The lowest BCUT2D eigenvalue weighted by Crippen LogP contribution is -2.03. The molecule has 1 N–H and O–H groups in total. The lowest BCUT2D eigenvalue weighted by Gasteiger charge is -1.99. The molecule has 25 heavy (non-hydrogen) atoms. The van der Waals surface area contributed by atoms with E-state index in [4.69, 9.17) is 0 Å². The number of hydrogen-bond acceptors (Lipinski definition) is 3. The molecule has 3 nitrogen and oxygen atoms in total. The fourth-order valence-corrected chi connectivity index (χ4v) is 1.79. The Morgan fingerprint density at radius 3 is 2.32 bits per heavy atom. The number of aliphatic hydroxyl groups is 1. The maximum Gasteiger partial charge on any atom is 0.337 e. The van der Waals surface area contributed by atoms with E-state index in [1.54, 1.807) is 12.2 Å². The molecule has 1 aromatic carbocycles. The number of allylic oxidation sites excluding steroid dienone is 9. The highest BCUT2D eigenvalue weighted by atomic mass is 16.5. The van der Waals surface area contributed by atoms with Crippen LogP contribution in [0.3, 0.4) is 0 Å². The monoisotopic (exact) mass is 336 g/mol. The van der Waals surface area contributed by atoms with Gasteiger partial charge in [0.1, 0.15) is 5.76 Å². The third kappa shape index (κ3) is 8.37. The van der Waals surface area contributed by atoms with Crippen LogP contribution in [0, 0.1) is 0 Å². The summed E-state index contributed by atoms with van der Waals surface area (Å²) in [6, 6.07) is 10.1. The Labute approximate surface area is 149 Å². The molecule has 3 heteroatoms. The summed E-state index contributed by atoms with van der Waals surface area (Å²) in [5.41, 5.74) is 2.39. The Bertz CT molecular complexity index is 730. The number of benzene rings is 1. The highest BCUT2D eigenvalue weighted by Crippen LogP contribution is 2.05. The molecule has 0 bridgehead atoms. The Morgan fingerprint density at radius 2 is 1.64 bits per heavy atom. The first-order valence-electron chi connectivity index (χ1n) is 7.94. The molecule has 0 aromatic heterocycles. The molecule has 0 aliphatic rings. The van der Waals surface area contributed by atoms with Gasteiger partial charge in [-0.25, -0.2) is 4.79 Å². The zero-order chi connectivity index (χ0) is 18.5. The van der Waals surface area contributed by atoms with Crippen molar-refractivity contribution >= 4 is 12.0 Å². The molecule has 0 atom stereocenters. The van der Waals surface area contributed by atoms with E-state index in [9.17, 15) is 9.90 Å². The van der Waals surface area contributed by atoms with Gasteiger partial charge in [-0.1, -0.05) is 84.5 Å². The van der Waals surface area contributed by atoms with Crippen LogP contribution in [-0.4, -0.2) is 18.2 Å². The first-order valence-corrected chi connectivity index (χ1v) is 7.94. The molecule has 0 spiro atoms. The average molecular weight is 336 g/mol. The molecule has 0 aliphatic heterocycles. The van der Waals surface area contributed by atoms with Crippen molar-refractivity contribution in [3.63, 3.8) is 0 Å². The van der Waals surface area contributed by atoms with Gasteiger partial charge in [0.2, 0.25) is 0 Å². The summed E-state index contributed by atoms with van der Waals surface area (Å²) < 4.78 is 4.54. The molecule has 1 rings (SSSR count). The first-order chi connectivity index (χ1) is 12.0. The lowest BCUT2D eigenvalue weighted by atomic mass is 10.2. The Balaban J connectivity index is 2.53. The number of carbonyl (C=O) groups is 1. The highest BCUT2D eigenvalue weighted by Gasteiger charge is 2.06. The van der Waals surface area contributed by atoms with Crippen molar-refractivity contribution in [2.45, 2.75) is 13.8 Å². The summed E-state index contributed by atoms with van der Waals surface area (Å²) >= 11 is 0. The number of ether oxygens (including phenoxy) is 1. The summed E-state index contributed by atoms with van der Waals surface area (Å²) in [4.78, 5) is 11.2. The summed E-state index contributed by atoms with van der Waals surface area (Å²) in [6.07, 6.45) is 16.7. The molecular formula is C22H24O3. The SMILES string of the molecule is COC(=O)C(C)=C(O)C=CC=CC(C)=CC=CC=Cc1ccccc1. The van der Waals surface area contributed by atoms with Crippen molar-refractivity contribution in [3.05, 3.63) is 101 Å². The normalized spacial score (nSPS) is 14.0. The topological polar surface area (TPSA) is 46.5 Å². The molecule has 130 valence electrons. The standard InChI is InChI=1S/C22H24O3/c1-18(12-6-4-7-14-20-15-8-5-9-16-20)13-10-11-17-21(23)19(2)22(24)25-3/h4-17,23H,1-3H3. The average Bonchev–Trinajstić information content (AvgIpc) is 2.64. The predicted molar refractivity (Wildman–Crippen MR) is 104 cm³/mol. The molecule has 0 radical (unpaired) electrons. The number of aliphatic hydroxyl groups excluding tert-OH is 1. The van der Waals surface area contributed by atoms with E-state index >= 15 is 0 Å². The molecule has 0 saturated heterocycles. The van der Waals surface area contributed by atoms with E-state index in [1.165, 1.54) is 20.1 Å². The minimum Gasteiger partial charge on any atom is -0.507 e. The summed E-state index contributed by atoms with van der Waals surface area (Å²) in [5, 5.41) is 9.70. The van der Waals surface area contributed by atoms with E-state index in [0.29, 0.717) is 0 Å². The molecule has 0 amide bonds. The van der Waals surface area contributed by atoms with Gasteiger partial charge < -0.3 is 9.84 Å². The maximum atomic E-state index is 11.2. The van der Waals surface area contributed by atoms with E-state index in [2.05, 4.69) is 4.74 Å². The van der Waals surface area contributed by atoms with E-state index in [1.807, 2.05) is 73.7 Å². The minimum atomic E-state index is -0.545. The number of esters is 1. The maximum absolute atomic E-state index is 11.2. The van der Waals surface area contributed by atoms with Gasteiger partial charge in [-0.2, -0.15) is 0 Å². The van der Waals surface area contributed by atoms with E-state index in [0.717, 1.165) is 11.1 Å². The Hall–Kier alpha value is -3.07. The largest absolute Gasteiger partial charge is 0.507 e. The van der Waals surface area contributed by atoms with Crippen molar-refractivity contribution in [2.75, 3.05) is 7.11 Å². The zero-order valence-electron chi connectivity index (χ0n) is 14.8. The molecule has 0 heterocycles. The van der Waals surface area contributed by atoms with Crippen LogP contribution in [0.2, 0.25) is 0 Å². The molecule has 1 aromatic rings. The second-order valence-electron chi connectivity index (χ2n) is 5.29. The van der Waals surface area contributed by atoms with Gasteiger partial charge >= 0.3 is 5.97 Å². The third-order valence-corrected chi connectivity index (χ3v) is 3.27. The molecule has 0 fully saturated rings. The van der Waals surface area contributed by atoms with E-state index in [-0.39, 0.29) is 11.3 Å². The molecular weight excluding hydrogens is 312 g/mol. The van der Waals surface area contributed by atoms with Gasteiger partial charge in [0.25, 0.3) is 0 Å². The second kappa shape index (κ2) is 11.5. The van der Waals surface area contributed by atoms with Crippen LogP contribution >= 0.6 is 0 Å². The van der Waals surface area contributed by atoms with Crippen molar-refractivity contribution in [1.29, 1.82) is 0 Å². The zero-order valence-corrected chi connectivity index (χ0v) is 14.8. The quantitative estimate of drug-likeness (QED) is 0.317. The summed E-state index contributed by atoms with van der Waals surface area (Å²) in [7, 11) is 1.28. The van der Waals surface area contributed by atoms with Crippen LogP contribution in [0.25, 0.3) is 6.08 Å². The van der Waals surface area contributed by atoms with Gasteiger partial charge in [-0.15, -0.1) is 0 Å². The number of rotatable bonds is 7. The summed E-state index contributed by atoms with van der Waals surface area (Å²) in [5.74, 6) is -0.653. The fraction of sp³-hybridized carbons (Fsp3) is 0.136. The second-order valence-corrected chi connectivity index (χ2v) is 5.29. The molecule has 0 unspecified atom stereocenters. The third-order valence-electron chi connectivity index (χ3n) is 3.27. The number of methoxy groups -OCH3 is 1. The smallest absolute Gasteiger partial charge is 0.337 e. The first kappa shape index (κ1) is 20.0.